The lowest BCUT2D eigenvalue weighted by molar-refractivity contribution is 0.668. The highest BCUT2D eigenvalue weighted by molar-refractivity contribution is 6.07. The number of fused-ring (bicyclic) bond motifs is 6. The van der Waals surface area contributed by atoms with E-state index in [2.05, 4.69) is 132 Å². The van der Waals surface area contributed by atoms with E-state index in [1.807, 2.05) is 54.7 Å². The van der Waals surface area contributed by atoms with Gasteiger partial charge in [-0.3, -0.25) is 4.98 Å². The van der Waals surface area contributed by atoms with E-state index in [1.165, 1.54) is 0 Å². The van der Waals surface area contributed by atoms with Crippen molar-refractivity contribution < 1.29 is 8.83 Å². The fourth-order valence-electron chi connectivity index (χ4n) is 7.77. The van der Waals surface area contributed by atoms with Crippen molar-refractivity contribution in [1.29, 1.82) is 0 Å². The maximum atomic E-state index is 6.22. The van der Waals surface area contributed by atoms with Gasteiger partial charge in [0.05, 0.1) is 11.4 Å². The summed E-state index contributed by atoms with van der Waals surface area (Å²) in [5, 5.41) is 4.36. The Bertz CT molecular complexity index is 3120. The predicted molar refractivity (Wildman–Crippen MR) is 227 cm³/mol. The van der Waals surface area contributed by atoms with Gasteiger partial charge in [-0.1, -0.05) is 103 Å². The Morgan fingerprint density at radius 1 is 0.304 bits per heavy atom. The van der Waals surface area contributed by atoms with E-state index in [9.17, 15) is 0 Å². The molecule has 56 heavy (non-hydrogen) atoms. The van der Waals surface area contributed by atoms with Crippen LogP contribution in [0.1, 0.15) is 0 Å². The summed E-state index contributed by atoms with van der Waals surface area (Å²) < 4.78 is 12.4. The standard InChI is InChI=1S/C51H31N3O2/c1-2-10-32(11-3-1)51-53-45(36-13-8-12-33(24-36)37-14-9-23-52-31-37)30-46(54-51)40-26-38(34-19-21-49-43(28-34)41-15-4-6-17-47(41)55-49)25-39(27-40)35-20-22-50-44(29-35)42-16-5-7-18-48(42)56-50/h1-31H. The number of benzene rings is 7. The number of nitrogens with zero attached hydrogens (tertiary/aromatic N) is 3. The molecule has 0 bridgehead atoms. The van der Waals surface area contributed by atoms with Crippen molar-refractivity contribution in [2.75, 3.05) is 0 Å². The minimum atomic E-state index is 0.661. The largest absolute Gasteiger partial charge is 0.456 e. The van der Waals surface area contributed by atoms with Crippen LogP contribution < -0.4 is 0 Å². The summed E-state index contributed by atoms with van der Waals surface area (Å²) in [7, 11) is 0. The van der Waals surface area contributed by atoms with Crippen LogP contribution in [0.25, 0.3) is 111 Å². The lowest BCUT2D eigenvalue weighted by atomic mass is 9.93. The molecule has 262 valence electrons. The van der Waals surface area contributed by atoms with Gasteiger partial charge < -0.3 is 8.83 Å². The van der Waals surface area contributed by atoms with Crippen molar-refractivity contribution in [3.05, 3.63) is 188 Å². The first-order valence-corrected chi connectivity index (χ1v) is 18.6. The molecule has 0 aliphatic heterocycles. The van der Waals surface area contributed by atoms with Gasteiger partial charge in [0, 0.05) is 56.2 Å². The normalized spacial score (nSPS) is 11.6. The van der Waals surface area contributed by atoms with Gasteiger partial charge in [0.2, 0.25) is 0 Å². The van der Waals surface area contributed by atoms with Crippen LogP contribution >= 0.6 is 0 Å². The summed E-state index contributed by atoms with van der Waals surface area (Å²) in [6.07, 6.45) is 3.68. The number of pyridine rings is 1. The Morgan fingerprint density at radius 2 is 0.804 bits per heavy atom. The van der Waals surface area contributed by atoms with E-state index in [0.717, 1.165) is 105 Å². The zero-order chi connectivity index (χ0) is 37.0. The summed E-state index contributed by atoms with van der Waals surface area (Å²) in [5.74, 6) is 0.661. The molecular weight excluding hydrogens is 687 g/mol. The third-order valence-corrected chi connectivity index (χ3v) is 10.6. The third kappa shape index (κ3) is 5.62. The van der Waals surface area contributed by atoms with Crippen LogP contribution in [0.15, 0.2) is 197 Å². The summed E-state index contributed by atoms with van der Waals surface area (Å²) in [6.45, 7) is 0. The summed E-state index contributed by atoms with van der Waals surface area (Å²) >= 11 is 0. The number of furan rings is 2. The summed E-state index contributed by atoms with van der Waals surface area (Å²) in [5.41, 5.74) is 14.5. The van der Waals surface area contributed by atoms with Gasteiger partial charge in [0.1, 0.15) is 22.3 Å². The molecule has 5 heteroatoms. The van der Waals surface area contributed by atoms with Crippen LogP contribution in [0.5, 0.6) is 0 Å². The zero-order valence-electron chi connectivity index (χ0n) is 30.1. The van der Waals surface area contributed by atoms with Crippen molar-refractivity contribution in [1.82, 2.24) is 15.0 Å². The number of aromatic nitrogens is 3. The molecule has 7 aromatic carbocycles. The van der Waals surface area contributed by atoms with Gasteiger partial charge in [-0.05, 0) is 101 Å². The van der Waals surface area contributed by atoms with Crippen molar-refractivity contribution >= 4 is 43.9 Å². The molecule has 4 heterocycles. The van der Waals surface area contributed by atoms with Crippen LogP contribution in [-0.2, 0) is 0 Å². The average molecular weight is 718 g/mol. The second-order valence-electron chi connectivity index (χ2n) is 14.1. The summed E-state index contributed by atoms with van der Waals surface area (Å²) in [6, 6.07) is 60.9. The molecule has 11 rings (SSSR count). The SMILES string of the molecule is c1ccc(-c2nc(-c3cccc(-c4cccnc4)c3)cc(-c3cc(-c4ccc5oc6ccccc6c5c4)cc(-c4ccc5oc6ccccc6c5c4)c3)n2)cc1. The lowest BCUT2D eigenvalue weighted by Gasteiger charge is -2.14. The Balaban J connectivity index is 1.13. The van der Waals surface area contributed by atoms with E-state index in [0.29, 0.717) is 5.82 Å². The van der Waals surface area contributed by atoms with Crippen LogP contribution in [-0.4, -0.2) is 15.0 Å². The molecule has 11 aromatic rings. The molecule has 0 radical (unpaired) electrons. The number of hydrogen-bond acceptors (Lipinski definition) is 5. The van der Waals surface area contributed by atoms with E-state index in [4.69, 9.17) is 18.8 Å². The van der Waals surface area contributed by atoms with E-state index in [1.54, 1.807) is 6.20 Å². The fraction of sp³-hybridized carbons (Fsp3) is 0. The topological polar surface area (TPSA) is 65.0 Å². The molecule has 0 aliphatic rings. The molecule has 0 aliphatic carbocycles. The Morgan fingerprint density at radius 3 is 1.45 bits per heavy atom. The molecule has 0 N–H and O–H groups in total. The third-order valence-electron chi connectivity index (χ3n) is 10.6. The van der Waals surface area contributed by atoms with E-state index < -0.39 is 0 Å². The van der Waals surface area contributed by atoms with Crippen molar-refractivity contribution in [2.45, 2.75) is 0 Å². The second-order valence-corrected chi connectivity index (χ2v) is 14.1. The van der Waals surface area contributed by atoms with Crippen LogP contribution in [0, 0.1) is 0 Å². The molecule has 0 amide bonds. The number of rotatable bonds is 6. The monoisotopic (exact) mass is 717 g/mol. The van der Waals surface area contributed by atoms with Gasteiger partial charge in [-0.25, -0.2) is 9.97 Å². The quantitative estimate of drug-likeness (QED) is 0.171. The highest BCUT2D eigenvalue weighted by Crippen LogP contribution is 2.39. The van der Waals surface area contributed by atoms with Crippen LogP contribution in [0.4, 0.5) is 0 Å². The van der Waals surface area contributed by atoms with Crippen LogP contribution in [0.2, 0.25) is 0 Å². The van der Waals surface area contributed by atoms with Gasteiger partial charge >= 0.3 is 0 Å². The first-order valence-electron chi connectivity index (χ1n) is 18.6. The Hall–Kier alpha value is -7.63. The van der Waals surface area contributed by atoms with Gasteiger partial charge in [0.25, 0.3) is 0 Å². The smallest absolute Gasteiger partial charge is 0.160 e. The zero-order valence-corrected chi connectivity index (χ0v) is 30.1. The lowest BCUT2D eigenvalue weighted by Crippen LogP contribution is -1.97. The van der Waals surface area contributed by atoms with Crippen molar-refractivity contribution in [3.63, 3.8) is 0 Å². The highest BCUT2D eigenvalue weighted by atomic mass is 16.3. The molecule has 0 unspecified atom stereocenters. The van der Waals surface area contributed by atoms with Gasteiger partial charge in [-0.2, -0.15) is 0 Å². The van der Waals surface area contributed by atoms with Crippen molar-refractivity contribution in [3.8, 4) is 67.3 Å². The predicted octanol–water partition coefficient (Wildman–Crippen LogP) is 13.7. The van der Waals surface area contributed by atoms with E-state index in [-0.39, 0.29) is 0 Å². The van der Waals surface area contributed by atoms with Crippen molar-refractivity contribution in [2.24, 2.45) is 0 Å². The maximum absolute atomic E-state index is 6.22. The molecule has 0 saturated heterocycles. The molecular formula is C51H31N3O2. The Labute approximate surface area is 322 Å². The second kappa shape index (κ2) is 13.0. The average Bonchev–Trinajstić information content (AvgIpc) is 3.84. The minimum absolute atomic E-state index is 0.661. The minimum Gasteiger partial charge on any atom is -0.456 e. The molecule has 4 aromatic heterocycles. The molecule has 0 spiro atoms. The van der Waals surface area contributed by atoms with E-state index >= 15 is 0 Å². The highest BCUT2D eigenvalue weighted by Gasteiger charge is 2.16. The first-order chi connectivity index (χ1) is 27.7. The molecule has 0 atom stereocenters. The molecule has 0 fully saturated rings. The van der Waals surface area contributed by atoms with Gasteiger partial charge in [-0.15, -0.1) is 0 Å². The molecule has 5 nitrogen and oxygen atoms in total. The fourth-order valence-corrected chi connectivity index (χ4v) is 7.77. The Kier molecular flexibility index (Phi) is 7.42. The summed E-state index contributed by atoms with van der Waals surface area (Å²) in [4.78, 5) is 14.8. The number of hydrogen-bond donors (Lipinski definition) is 0. The van der Waals surface area contributed by atoms with Gasteiger partial charge in [0.15, 0.2) is 5.82 Å². The molecule has 0 saturated carbocycles. The first kappa shape index (κ1) is 31.9. The maximum Gasteiger partial charge on any atom is 0.160 e. The number of para-hydroxylation sites is 2. The van der Waals surface area contributed by atoms with Crippen LogP contribution in [0.3, 0.4) is 0 Å².